The summed E-state index contributed by atoms with van der Waals surface area (Å²) < 4.78 is 1.32. The van der Waals surface area contributed by atoms with E-state index in [1.807, 2.05) is 12.3 Å². The molecule has 2 heterocycles. The van der Waals surface area contributed by atoms with Gasteiger partial charge in [0.05, 0.1) is 0 Å². The third-order valence-electron chi connectivity index (χ3n) is 2.40. The van der Waals surface area contributed by atoms with Gasteiger partial charge in [0, 0.05) is 21.7 Å². The molecule has 0 unspecified atom stereocenters. The molecule has 14 heavy (non-hydrogen) atoms. The van der Waals surface area contributed by atoms with E-state index in [1.54, 1.807) is 11.3 Å². The average Bonchev–Trinajstić information content (AvgIpc) is 2.56. The van der Waals surface area contributed by atoms with Crippen LogP contribution in [0.25, 0.3) is 20.3 Å². The lowest BCUT2D eigenvalue weighted by Crippen LogP contribution is -1.71. The Morgan fingerprint density at radius 3 is 3.00 bits per heavy atom. The summed E-state index contributed by atoms with van der Waals surface area (Å²) in [6, 6.07) is 10.7. The standard InChI is InChI=1S/C12H9NS/c1-8-4-5-11-10(7-8)9-3-2-6-13-12(9)14-11/h2-7H,1H3. The van der Waals surface area contributed by atoms with Crippen LogP contribution < -0.4 is 0 Å². The minimum absolute atomic E-state index is 1.13. The van der Waals surface area contributed by atoms with Crippen LogP contribution in [0.5, 0.6) is 0 Å². The molecule has 2 aromatic heterocycles. The number of hydrogen-bond donors (Lipinski definition) is 0. The number of pyridine rings is 1. The van der Waals surface area contributed by atoms with E-state index in [-0.39, 0.29) is 0 Å². The van der Waals surface area contributed by atoms with Gasteiger partial charge in [-0.2, -0.15) is 0 Å². The molecule has 3 aromatic rings. The van der Waals surface area contributed by atoms with Gasteiger partial charge in [0.15, 0.2) is 0 Å². The molecule has 0 aliphatic rings. The van der Waals surface area contributed by atoms with Crippen LogP contribution in [0.3, 0.4) is 0 Å². The maximum absolute atomic E-state index is 4.37. The van der Waals surface area contributed by atoms with Crippen molar-refractivity contribution in [3.8, 4) is 0 Å². The predicted octanol–water partition coefficient (Wildman–Crippen LogP) is 3.76. The SMILES string of the molecule is Cc1ccc2sc3ncccc3c2c1. The van der Waals surface area contributed by atoms with Crippen molar-refractivity contribution in [3.63, 3.8) is 0 Å². The third-order valence-corrected chi connectivity index (χ3v) is 3.50. The van der Waals surface area contributed by atoms with Gasteiger partial charge in [-0.15, -0.1) is 11.3 Å². The molecule has 0 bridgehead atoms. The van der Waals surface area contributed by atoms with Crippen molar-refractivity contribution in [2.45, 2.75) is 6.92 Å². The van der Waals surface area contributed by atoms with Gasteiger partial charge in [-0.1, -0.05) is 11.6 Å². The molecular formula is C12H9NS. The van der Waals surface area contributed by atoms with E-state index in [0.717, 1.165) is 4.83 Å². The van der Waals surface area contributed by atoms with Crippen molar-refractivity contribution in [1.29, 1.82) is 0 Å². The van der Waals surface area contributed by atoms with Gasteiger partial charge in [-0.25, -0.2) is 4.98 Å². The Labute approximate surface area is 86.0 Å². The van der Waals surface area contributed by atoms with Crippen molar-refractivity contribution >= 4 is 31.6 Å². The maximum Gasteiger partial charge on any atom is 0.124 e. The minimum atomic E-state index is 1.13. The molecule has 0 saturated carbocycles. The number of hydrogen-bond acceptors (Lipinski definition) is 2. The van der Waals surface area contributed by atoms with E-state index in [0.29, 0.717) is 0 Å². The number of rotatable bonds is 0. The average molecular weight is 199 g/mol. The Bertz CT molecular complexity index is 610. The number of nitrogens with zero attached hydrogens (tertiary/aromatic N) is 1. The first-order chi connectivity index (χ1) is 6.84. The van der Waals surface area contributed by atoms with Gasteiger partial charge in [0.25, 0.3) is 0 Å². The summed E-state index contributed by atoms with van der Waals surface area (Å²) in [4.78, 5) is 5.50. The van der Waals surface area contributed by atoms with Crippen LogP contribution in [0.4, 0.5) is 0 Å². The zero-order valence-corrected chi connectivity index (χ0v) is 8.64. The van der Waals surface area contributed by atoms with Crippen molar-refractivity contribution in [1.82, 2.24) is 4.98 Å². The smallest absolute Gasteiger partial charge is 0.124 e. The van der Waals surface area contributed by atoms with Crippen LogP contribution in [-0.2, 0) is 0 Å². The molecule has 0 atom stereocenters. The maximum atomic E-state index is 4.37. The first-order valence-electron chi connectivity index (χ1n) is 4.58. The first kappa shape index (κ1) is 7.94. The fourth-order valence-electron chi connectivity index (χ4n) is 1.72. The molecule has 0 N–H and O–H groups in total. The third kappa shape index (κ3) is 1.04. The highest BCUT2D eigenvalue weighted by molar-refractivity contribution is 7.25. The van der Waals surface area contributed by atoms with Crippen LogP contribution >= 0.6 is 11.3 Å². The molecule has 68 valence electrons. The number of aryl methyl sites for hydroxylation is 1. The molecule has 1 nitrogen and oxygen atoms in total. The van der Waals surface area contributed by atoms with Crippen LogP contribution in [0, 0.1) is 6.92 Å². The Hall–Kier alpha value is -1.41. The summed E-state index contributed by atoms with van der Waals surface area (Å²) in [7, 11) is 0. The van der Waals surface area contributed by atoms with Crippen molar-refractivity contribution in [2.75, 3.05) is 0 Å². The van der Waals surface area contributed by atoms with E-state index in [9.17, 15) is 0 Å². The summed E-state index contributed by atoms with van der Waals surface area (Å²) in [5.41, 5.74) is 1.31. The van der Waals surface area contributed by atoms with Gasteiger partial charge in [-0.05, 0) is 31.2 Å². The molecule has 0 saturated heterocycles. The zero-order valence-electron chi connectivity index (χ0n) is 7.82. The molecule has 1 aromatic carbocycles. The second kappa shape index (κ2) is 2.79. The minimum Gasteiger partial charge on any atom is -0.245 e. The molecule has 0 radical (unpaired) electrons. The van der Waals surface area contributed by atoms with Crippen LogP contribution in [0.1, 0.15) is 5.56 Å². The summed E-state index contributed by atoms with van der Waals surface area (Å²) in [6.45, 7) is 2.12. The molecule has 0 aliphatic heterocycles. The lowest BCUT2D eigenvalue weighted by atomic mass is 10.1. The number of thiophene rings is 1. The summed E-state index contributed by atoms with van der Waals surface area (Å²) in [5.74, 6) is 0. The van der Waals surface area contributed by atoms with Gasteiger partial charge in [0.1, 0.15) is 4.83 Å². The topological polar surface area (TPSA) is 12.9 Å². The fourth-order valence-corrected chi connectivity index (χ4v) is 2.75. The van der Waals surface area contributed by atoms with E-state index < -0.39 is 0 Å². The Kier molecular flexibility index (Phi) is 1.58. The van der Waals surface area contributed by atoms with E-state index in [4.69, 9.17) is 0 Å². The van der Waals surface area contributed by atoms with Crippen LogP contribution in [-0.4, -0.2) is 4.98 Å². The van der Waals surface area contributed by atoms with Gasteiger partial charge in [-0.3, -0.25) is 0 Å². The number of fused-ring (bicyclic) bond motifs is 3. The van der Waals surface area contributed by atoms with Gasteiger partial charge < -0.3 is 0 Å². The normalized spacial score (nSPS) is 11.2. The number of benzene rings is 1. The summed E-state index contributed by atoms with van der Waals surface area (Å²) in [6.07, 6.45) is 1.85. The highest BCUT2D eigenvalue weighted by Crippen LogP contribution is 2.32. The van der Waals surface area contributed by atoms with Crippen LogP contribution in [0.2, 0.25) is 0 Å². The van der Waals surface area contributed by atoms with Crippen molar-refractivity contribution in [3.05, 3.63) is 42.1 Å². The van der Waals surface area contributed by atoms with Gasteiger partial charge in [0.2, 0.25) is 0 Å². The van der Waals surface area contributed by atoms with Gasteiger partial charge >= 0.3 is 0 Å². The largest absolute Gasteiger partial charge is 0.245 e. The summed E-state index contributed by atoms with van der Waals surface area (Å²) >= 11 is 1.76. The lowest BCUT2D eigenvalue weighted by molar-refractivity contribution is 1.45. The van der Waals surface area contributed by atoms with Crippen molar-refractivity contribution in [2.24, 2.45) is 0 Å². The van der Waals surface area contributed by atoms with Crippen molar-refractivity contribution < 1.29 is 0 Å². The zero-order chi connectivity index (χ0) is 9.54. The summed E-state index contributed by atoms with van der Waals surface area (Å²) in [5, 5.41) is 2.61. The lowest BCUT2D eigenvalue weighted by Gasteiger charge is -1.92. The molecule has 0 amide bonds. The highest BCUT2D eigenvalue weighted by Gasteiger charge is 2.04. The first-order valence-corrected chi connectivity index (χ1v) is 5.40. The quantitative estimate of drug-likeness (QED) is 0.537. The number of aromatic nitrogens is 1. The van der Waals surface area contributed by atoms with E-state index in [1.165, 1.54) is 21.0 Å². The Morgan fingerprint density at radius 1 is 1.14 bits per heavy atom. The highest BCUT2D eigenvalue weighted by atomic mass is 32.1. The Morgan fingerprint density at radius 2 is 2.07 bits per heavy atom. The molecule has 0 aliphatic carbocycles. The molecule has 0 spiro atoms. The second-order valence-corrected chi connectivity index (χ2v) is 4.49. The molecule has 3 rings (SSSR count). The fraction of sp³-hybridized carbons (Fsp3) is 0.0833. The Balaban J connectivity index is 2.58. The predicted molar refractivity (Wildman–Crippen MR) is 61.9 cm³/mol. The van der Waals surface area contributed by atoms with Crippen LogP contribution in [0.15, 0.2) is 36.5 Å². The monoisotopic (exact) mass is 199 g/mol. The van der Waals surface area contributed by atoms with E-state index in [2.05, 4.69) is 36.2 Å². The molecule has 2 heteroatoms. The second-order valence-electron chi connectivity index (χ2n) is 3.46. The van der Waals surface area contributed by atoms with E-state index >= 15 is 0 Å². The molecule has 0 fully saturated rings. The molecular weight excluding hydrogens is 190 g/mol.